The summed E-state index contributed by atoms with van der Waals surface area (Å²) in [5, 5.41) is 2.61. The quantitative estimate of drug-likeness (QED) is 0.672. The summed E-state index contributed by atoms with van der Waals surface area (Å²) >= 11 is 0. The first kappa shape index (κ1) is 19.0. The Morgan fingerprint density at radius 2 is 1.90 bits per heavy atom. The van der Waals surface area contributed by atoms with Crippen molar-refractivity contribution in [3.8, 4) is 0 Å². The van der Waals surface area contributed by atoms with Gasteiger partial charge in [0, 0.05) is 31.0 Å². The highest BCUT2D eigenvalue weighted by atomic mass is 19.1. The molecule has 1 aliphatic heterocycles. The summed E-state index contributed by atoms with van der Waals surface area (Å²) in [6.45, 7) is 5.49. The zero-order chi connectivity index (χ0) is 20.8. The highest BCUT2D eigenvalue weighted by Crippen LogP contribution is 2.36. The molecule has 8 heteroatoms. The van der Waals surface area contributed by atoms with Crippen LogP contribution in [0.4, 0.5) is 15.9 Å². The van der Waals surface area contributed by atoms with Gasteiger partial charge >= 0.3 is 0 Å². The Hall–Kier alpha value is -3.03. The number of aromatic nitrogens is 4. The molecule has 0 radical (unpaired) electrons. The van der Waals surface area contributed by atoms with Crippen LogP contribution in [0.2, 0.25) is 0 Å². The topological polar surface area (TPSA) is 75.4 Å². The van der Waals surface area contributed by atoms with E-state index in [-0.39, 0.29) is 11.4 Å². The first-order valence-corrected chi connectivity index (χ1v) is 10.5. The number of hydrogen-bond acceptors (Lipinski definition) is 5. The SMILES string of the molecule is Cc1cn2cc(NC(=O)c3cnc(N4CC(CCC5CC5)C4)cn3)c(F)c(C)c2n1. The molecule has 0 bridgehead atoms. The van der Waals surface area contributed by atoms with E-state index >= 15 is 0 Å². The first-order valence-electron chi connectivity index (χ1n) is 10.5. The number of fused-ring (bicyclic) bond motifs is 1. The Morgan fingerprint density at radius 1 is 1.13 bits per heavy atom. The van der Waals surface area contributed by atoms with Gasteiger partial charge in [0.15, 0.2) is 5.82 Å². The Labute approximate surface area is 174 Å². The molecule has 156 valence electrons. The van der Waals surface area contributed by atoms with E-state index in [2.05, 4.69) is 25.2 Å². The van der Waals surface area contributed by atoms with Gasteiger partial charge in [-0.25, -0.2) is 19.3 Å². The lowest BCUT2D eigenvalue weighted by atomic mass is 9.93. The maximum atomic E-state index is 14.7. The molecule has 1 saturated heterocycles. The van der Waals surface area contributed by atoms with Crippen LogP contribution in [-0.2, 0) is 0 Å². The summed E-state index contributed by atoms with van der Waals surface area (Å²) in [5.74, 6) is 1.51. The number of imidazole rings is 1. The fraction of sp³-hybridized carbons (Fsp3) is 0.455. The van der Waals surface area contributed by atoms with Crippen molar-refractivity contribution in [3.63, 3.8) is 0 Å². The van der Waals surface area contributed by atoms with Crippen LogP contribution in [0.1, 0.15) is 47.4 Å². The Morgan fingerprint density at radius 3 is 2.60 bits per heavy atom. The third kappa shape index (κ3) is 3.62. The monoisotopic (exact) mass is 408 g/mol. The van der Waals surface area contributed by atoms with E-state index in [1.165, 1.54) is 38.1 Å². The van der Waals surface area contributed by atoms with Gasteiger partial charge in [-0.1, -0.05) is 19.3 Å². The fourth-order valence-corrected chi connectivity index (χ4v) is 4.08. The van der Waals surface area contributed by atoms with Crippen molar-refractivity contribution in [2.45, 2.75) is 39.5 Å². The van der Waals surface area contributed by atoms with Crippen LogP contribution < -0.4 is 10.2 Å². The number of nitrogens with one attached hydrogen (secondary N) is 1. The molecule has 3 aromatic rings. The average molecular weight is 408 g/mol. The number of anilines is 2. The number of hydrogen-bond donors (Lipinski definition) is 1. The summed E-state index contributed by atoms with van der Waals surface area (Å²) in [5.41, 5.74) is 1.95. The lowest BCUT2D eigenvalue weighted by molar-refractivity contribution is 0.102. The van der Waals surface area contributed by atoms with Crippen molar-refractivity contribution >= 4 is 23.1 Å². The summed E-state index contributed by atoms with van der Waals surface area (Å²) < 4.78 is 16.4. The van der Waals surface area contributed by atoms with Gasteiger partial charge in [-0.3, -0.25) is 4.79 Å². The number of carbonyl (C=O) groups is 1. The molecule has 3 aromatic heterocycles. The highest BCUT2D eigenvalue weighted by Gasteiger charge is 2.30. The number of amides is 1. The normalized spacial score (nSPS) is 16.7. The van der Waals surface area contributed by atoms with E-state index in [4.69, 9.17) is 0 Å². The second-order valence-electron chi connectivity index (χ2n) is 8.60. The van der Waals surface area contributed by atoms with Crippen LogP contribution in [0.15, 0.2) is 24.8 Å². The lowest BCUT2D eigenvalue weighted by Gasteiger charge is -2.40. The molecule has 0 atom stereocenters. The van der Waals surface area contributed by atoms with Gasteiger partial charge in [0.25, 0.3) is 5.91 Å². The molecule has 1 saturated carbocycles. The zero-order valence-electron chi connectivity index (χ0n) is 17.2. The van der Waals surface area contributed by atoms with E-state index in [1.807, 2.05) is 6.92 Å². The van der Waals surface area contributed by atoms with Crippen LogP contribution in [0.3, 0.4) is 0 Å². The first-order chi connectivity index (χ1) is 14.5. The molecule has 0 unspecified atom stereocenters. The van der Waals surface area contributed by atoms with Crippen LogP contribution in [0.5, 0.6) is 0 Å². The van der Waals surface area contributed by atoms with Crippen molar-refractivity contribution in [2.24, 2.45) is 11.8 Å². The molecule has 5 rings (SSSR count). The van der Waals surface area contributed by atoms with Gasteiger partial charge in [0.05, 0.1) is 23.8 Å². The fourth-order valence-electron chi connectivity index (χ4n) is 4.08. The smallest absolute Gasteiger partial charge is 0.275 e. The maximum Gasteiger partial charge on any atom is 0.275 e. The van der Waals surface area contributed by atoms with Gasteiger partial charge in [-0.15, -0.1) is 0 Å². The summed E-state index contributed by atoms with van der Waals surface area (Å²) in [6, 6.07) is 0. The van der Waals surface area contributed by atoms with Crippen molar-refractivity contribution in [1.82, 2.24) is 19.4 Å². The number of rotatable bonds is 6. The minimum absolute atomic E-state index is 0.0922. The number of halogens is 1. The van der Waals surface area contributed by atoms with Crippen LogP contribution >= 0.6 is 0 Å². The molecule has 30 heavy (non-hydrogen) atoms. The van der Waals surface area contributed by atoms with E-state index in [9.17, 15) is 9.18 Å². The van der Waals surface area contributed by atoms with Crippen LogP contribution in [0.25, 0.3) is 5.65 Å². The number of aryl methyl sites for hydroxylation is 2. The average Bonchev–Trinajstić information content (AvgIpc) is 3.45. The molecule has 2 aliphatic rings. The van der Waals surface area contributed by atoms with Crippen molar-refractivity contribution < 1.29 is 9.18 Å². The predicted octanol–water partition coefficient (Wildman–Crippen LogP) is 3.76. The van der Waals surface area contributed by atoms with Gasteiger partial charge in [-0.2, -0.15) is 0 Å². The largest absolute Gasteiger partial charge is 0.355 e. The number of pyridine rings is 1. The second-order valence-corrected chi connectivity index (χ2v) is 8.60. The van der Waals surface area contributed by atoms with E-state index in [0.717, 1.165) is 36.4 Å². The van der Waals surface area contributed by atoms with E-state index < -0.39 is 11.7 Å². The third-order valence-electron chi connectivity index (χ3n) is 6.10. The van der Waals surface area contributed by atoms with Crippen molar-refractivity contribution in [1.29, 1.82) is 0 Å². The molecule has 2 fully saturated rings. The lowest BCUT2D eigenvalue weighted by Crippen LogP contribution is -2.47. The van der Waals surface area contributed by atoms with Crippen molar-refractivity contribution in [3.05, 3.63) is 47.6 Å². The van der Waals surface area contributed by atoms with Gasteiger partial charge in [0.2, 0.25) is 0 Å². The zero-order valence-corrected chi connectivity index (χ0v) is 17.2. The molecule has 0 aromatic carbocycles. The molecular weight excluding hydrogens is 383 g/mol. The van der Waals surface area contributed by atoms with Crippen LogP contribution in [-0.4, -0.2) is 38.3 Å². The van der Waals surface area contributed by atoms with Crippen molar-refractivity contribution in [2.75, 3.05) is 23.3 Å². The Balaban J connectivity index is 1.23. The summed E-state index contributed by atoms with van der Waals surface area (Å²) in [7, 11) is 0. The molecule has 0 spiro atoms. The maximum absolute atomic E-state index is 14.7. The molecule has 1 N–H and O–H groups in total. The molecule has 1 amide bonds. The number of carbonyl (C=O) groups excluding carboxylic acids is 1. The Kier molecular flexibility index (Phi) is 4.64. The van der Waals surface area contributed by atoms with Gasteiger partial charge in [-0.05, 0) is 32.1 Å². The third-order valence-corrected chi connectivity index (χ3v) is 6.10. The predicted molar refractivity (Wildman–Crippen MR) is 112 cm³/mol. The molecule has 4 heterocycles. The highest BCUT2D eigenvalue weighted by molar-refractivity contribution is 6.02. The molecule has 7 nitrogen and oxygen atoms in total. The molecular formula is C22H25FN6O. The minimum Gasteiger partial charge on any atom is -0.355 e. The Bertz CT molecular complexity index is 1100. The van der Waals surface area contributed by atoms with E-state index in [1.54, 1.807) is 23.7 Å². The second kappa shape index (κ2) is 7.34. The van der Waals surface area contributed by atoms with E-state index in [0.29, 0.717) is 11.2 Å². The number of nitrogens with zero attached hydrogens (tertiary/aromatic N) is 5. The molecule has 1 aliphatic carbocycles. The van der Waals surface area contributed by atoms with Gasteiger partial charge in [0.1, 0.15) is 17.2 Å². The summed E-state index contributed by atoms with van der Waals surface area (Å²) in [4.78, 5) is 27.7. The summed E-state index contributed by atoms with van der Waals surface area (Å²) in [6.07, 6.45) is 11.8. The standard InChI is InChI=1S/C22H25FN6O/c1-13-9-29-12-18(20(23)14(2)21(29)26-13)27-22(30)17-7-25-19(8-24-17)28-10-16(11-28)6-5-15-3-4-15/h7-9,12,15-16H,3-6,10-11H2,1-2H3,(H,27,30). The van der Waals surface area contributed by atoms with Gasteiger partial charge < -0.3 is 14.6 Å². The van der Waals surface area contributed by atoms with Crippen LogP contribution in [0, 0.1) is 31.5 Å². The minimum atomic E-state index is -0.496.